The molecule has 1 aromatic heterocycles. The van der Waals surface area contributed by atoms with E-state index in [-0.39, 0.29) is 5.41 Å². The molecule has 0 bridgehead atoms. The van der Waals surface area contributed by atoms with Gasteiger partial charge in [0, 0.05) is 12.0 Å². The molecule has 3 nitrogen and oxygen atoms in total. The van der Waals surface area contributed by atoms with E-state index in [4.69, 9.17) is 5.73 Å². The Kier molecular flexibility index (Phi) is 4.11. The Balaban J connectivity index is 2.32. The largest absolute Gasteiger partial charge is 0.336 e. The van der Waals surface area contributed by atoms with Gasteiger partial charge in [-0.3, -0.25) is 0 Å². The fraction of sp³-hybridized carbons (Fsp3) is 0.400. The van der Waals surface area contributed by atoms with Gasteiger partial charge in [0.2, 0.25) is 0 Å². The Morgan fingerprint density at radius 3 is 2.37 bits per heavy atom. The molecule has 1 heterocycles. The number of hydrogen-bond acceptors (Lipinski definition) is 2. The maximum atomic E-state index is 5.55. The van der Waals surface area contributed by atoms with Crippen molar-refractivity contribution in [3.63, 3.8) is 0 Å². The van der Waals surface area contributed by atoms with Crippen LogP contribution in [0.4, 0.5) is 0 Å². The minimum Gasteiger partial charge on any atom is -0.336 e. The molecule has 2 rings (SSSR count). The molecule has 3 N–H and O–H groups in total. The summed E-state index contributed by atoms with van der Waals surface area (Å²) < 4.78 is 0.916. The normalized spacial score (nSPS) is 11.8. The summed E-state index contributed by atoms with van der Waals surface area (Å²) in [6.07, 6.45) is 0.763. The van der Waals surface area contributed by atoms with E-state index in [1.54, 1.807) is 0 Å². The van der Waals surface area contributed by atoms with E-state index in [0.717, 1.165) is 28.1 Å². The van der Waals surface area contributed by atoms with Crippen molar-refractivity contribution < 1.29 is 0 Å². The SMILES string of the molecule is CC(C)(C)c1ccc(-c2nc(CCN)[nH]c2Br)cc1. The number of nitrogens with one attached hydrogen (secondary N) is 1. The summed E-state index contributed by atoms with van der Waals surface area (Å²) in [5.41, 5.74) is 9.11. The Morgan fingerprint density at radius 1 is 1.21 bits per heavy atom. The summed E-state index contributed by atoms with van der Waals surface area (Å²) >= 11 is 3.52. The van der Waals surface area contributed by atoms with Gasteiger partial charge in [-0.15, -0.1) is 0 Å². The first-order chi connectivity index (χ1) is 8.91. The molecule has 0 atom stereocenters. The first kappa shape index (κ1) is 14.3. The number of imidazole rings is 1. The number of nitrogens with two attached hydrogens (primary N) is 1. The molecule has 19 heavy (non-hydrogen) atoms. The van der Waals surface area contributed by atoms with Crippen molar-refractivity contribution in [3.05, 3.63) is 40.3 Å². The minimum absolute atomic E-state index is 0.173. The maximum Gasteiger partial charge on any atom is 0.110 e. The van der Waals surface area contributed by atoms with Crippen LogP contribution in [-0.2, 0) is 11.8 Å². The van der Waals surface area contributed by atoms with Crippen molar-refractivity contribution in [2.75, 3.05) is 6.54 Å². The second-order valence-corrected chi connectivity index (χ2v) is 6.51. The standard InChI is InChI=1S/C15H20BrN3/c1-15(2,3)11-6-4-10(5-7-11)13-14(16)19-12(18-13)8-9-17/h4-7H,8-9,17H2,1-3H3,(H,18,19). The van der Waals surface area contributed by atoms with Crippen molar-refractivity contribution in [1.29, 1.82) is 0 Å². The van der Waals surface area contributed by atoms with Crippen LogP contribution in [0, 0.1) is 0 Å². The Morgan fingerprint density at radius 2 is 1.84 bits per heavy atom. The highest BCUT2D eigenvalue weighted by Gasteiger charge is 2.15. The van der Waals surface area contributed by atoms with Gasteiger partial charge < -0.3 is 10.7 Å². The zero-order valence-electron chi connectivity index (χ0n) is 11.6. The van der Waals surface area contributed by atoms with Gasteiger partial charge in [0.25, 0.3) is 0 Å². The van der Waals surface area contributed by atoms with Gasteiger partial charge in [-0.1, -0.05) is 45.0 Å². The highest BCUT2D eigenvalue weighted by molar-refractivity contribution is 9.10. The fourth-order valence-electron chi connectivity index (χ4n) is 1.97. The van der Waals surface area contributed by atoms with Crippen LogP contribution in [-0.4, -0.2) is 16.5 Å². The van der Waals surface area contributed by atoms with Crippen LogP contribution in [0.3, 0.4) is 0 Å². The summed E-state index contributed by atoms with van der Waals surface area (Å²) in [5.74, 6) is 0.921. The molecule has 0 aliphatic carbocycles. The van der Waals surface area contributed by atoms with Gasteiger partial charge in [0.1, 0.15) is 16.1 Å². The van der Waals surface area contributed by atoms with E-state index in [1.807, 2.05) is 0 Å². The van der Waals surface area contributed by atoms with Gasteiger partial charge in [-0.25, -0.2) is 4.98 Å². The summed E-state index contributed by atoms with van der Waals surface area (Å²) in [4.78, 5) is 7.79. The average Bonchev–Trinajstić information content (AvgIpc) is 2.70. The van der Waals surface area contributed by atoms with Crippen molar-refractivity contribution in [2.45, 2.75) is 32.6 Å². The third kappa shape index (κ3) is 3.25. The van der Waals surface area contributed by atoms with Crippen molar-refractivity contribution >= 4 is 15.9 Å². The molecule has 4 heteroatoms. The van der Waals surface area contributed by atoms with Gasteiger partial charge >= 0.3 is 0 Å². The van der Waals surface area contributed by atoms with Gasteiger partial charge in [0.05, 0.1) is 0 Å². The molecule has 0 amide bonds. The fourth-order valence-corrected chi connectivity index (χ4v) is 2.52. The summed E-state index contributed by atoms with van der Waals surface area (Å²) in [5, 5.41) is 0. The van der Waals surface area contributed by atoms with Crippen molar-refractivity contribution in [1.82, 2.24) is 9.97 Å². The number of benzene rings is 1. The third-order valence-electron chi connectivity index (χ3n) is 3.11. The molecule has 0 radical (unpaired) electrons. The first-order valence-electron chi connectivity index (χ1n) is 6.47. The molecule has 102 valence electrons. The molecule has 0 saturated heterocycles. The molecule has 0 fully saturated rings. The van der Waals surface area contributed by atoms with E-state index < -0.39 is 0 Å². The number of aromatic amines is 1. The average molecular weight is 322 g/mol. The van der Waals surface area contributed by atoms with E-state index in [9.17, 15) is 0 Å². The van der Waals surface area contributed by atoms with Crippen LogP contribution in [0.15, 0.2) is 28.9 Å². The quantitative estimate of drug-likeness (QED) is 0.906. The molecule has 0 spiro atoms. The van der Waals surface area contributed by atoms with Gasteiger partial charge in [0.15, 0.2) is 0 Å². The predicted molar refractivity (Wildman–Crippen MR) is 83.2 cm³/mol. The number of aromatic nitrogens is 2. The molecule has 0 aliphatic heterocycles. The van der Waals surface area contributed by atoms with Gasteiger partial charge in [-0.05, 0) is 33.5 Å². The van der Waals surface area contributed by atoms with Crippen LogP contribution in [0.2, 0.25) is 0 Å². The van der Waals surface area contributed by atoms with Crippen LogP contribution < -0.4 is 5.73 Å². The smallest absolute Gasteiger partial charge is 0.110 e. The lowest BCUT2D eigenvalue weighted by Gasteiger charge is -2.18. The lowest BCUT2D eigenvalue weighted by molar-refractivity contribution is 0.590. The van der Waals surface area contributed by atoms with Crippen LogP contribution >= 0.6 is 15.9 Å². The second kappa shape index (κ2) is 5.47. The minimum atomic E-state index is 0.173. The first-order valence-corrected chi connectivity index (χ1v) is 7.26. The molecule has 1 aromatic carbocycles. The number of rotatable bonds is 3. The van der Waals surface area contributed by atoms with Crippen LogP contribution in [0.25, 0.3) is 11.3 Å². The van der Waals surface area contributed by atoms with E-state index in [1.165, 1.54) is 5.56 Å². The molecule has 2 aromatic rings. The topological polar surface area (TPSA) is 54.7 Å². The Hall–Kier alpha value is -1.13. The van der Waals surface area contributed by atoms with Crippen LogP contribution in [0.1, 0.15) is 32.2 Å². The highest BCUT2D eigenvalue weighted by Crippen LogP contribution is 2.29. The number of hydrogen-bond donors (Lipinski definition) is 2. The van der Waals surface area contributed by atoms with E-state index >= 15 is 0 Å². The Labute approximate surface area is 122 Å². The van der Waals surface area contributed by atoms with Gasteiger partial charge in [-0.2, -0.15) is 0 Å². The number of nitrogens with zero attached hydrogens (tertiary/aromatic N) is 1. The highest BCUT2D eigenvalue weighted by atomic mass is 79.9. The summed E-state index contributed by atoms with van der Waals surface area (Å²) in [6, 6.07) is 8.57. The zero-order valence-corrected chi connectivity index (χ0v) is 13.2. The molecule has 0 saturated carbocycles. The predicted octanol–water partition coefficient (Wildman–Crippen LogP) is 3.64. The molecule has 0 aliphatic rings. The Bertz CT molecular complexity index is 550. The molecular formula is C15H20BrN3. The second-order valence-electron chi connectivity index (χ2n) is 5.71. The van der Waals surface area contributed by atoms with Crippen molar-refractivity contribution in [3.8, 4) is 11.3 Å². The summed E-state index contributed by atoms with van der Waals surface area (Å²) in [7, 11) is 0. The number of H-pyrrole nitrogens is 1. The zero-order chi connectivity index (χ0) is 14.0. The molecule has 0 unspecified atom stereocenters. The monoisotopic (exact) mass is 321 g/mol. The van der Waals surface area contributed by atoms with E-state index in [0.29, 0.717) is 6.54 Å². The van der Waals surface area contributed by atoms with Crippen molar-refractivity contribution in [2.24, 2.45) is 5.73 Å². The van der Waals surface area contributed by atoms with Crippen LogP contribution in [0.5, 0.6) is 0 Å². The third-order valence-corrected chi connectivity index (χ3v) is 3.69. The van der Waals surface area contributed by atoms with E-state index in [2.05, 4.69) is 70.9 Å². The maximum absolute atomic E-state index is 5.55. The lowest BCUT2D eigenvalue weighted by atomic mass is 9.86. The molecular weight excluding hydrogens is 302 g/mol. The lowest BCUT2D eigenvalue weighted by Crippen LogP contribution is -2.10. The number of halogens is 1. The summed E-state index contributed by atoms with van der Waals surface area (Å²) in [6.45, 7) is 7.24.